The average Bonchev–Trinajstić information content (AvgIpc) is 3.40. The molecule has 30 heavy (non-hydrogen) atoms. The maximum absolute atomic E-state index is 14.8. The molecule has 160 valence electrons. The summed E-state index contributed by atoms with van der Waals surface area (Å²) in [6, 6.07) is 4.40. The van der Waals surface area contributed by atoms with Gasteiger partial charge in [0, 0.05) is 62.1 Å². The van der Waals surface area contributed by atoms with Gasteiger partial charge in [0.1, 0.15) is 18.2 Å². The van der Waals surface area contributed by atoms with Gasteiger partial charge in [0.15, 0.2) is 0 Å². The van der Waals surface area contributed by atoms with E-state index in [1.807, 2.05) is 4.90 Å². The third-order valence-corrected chi connectivity index (χ3v) is 6.52. The summed E-state index contributed by atoms with van der Waals surface area (Å²) in [6.45, 7) is 6.06. The van der Waals surface area contributed by atoms with Crippen molar-refractivity contribution in [2.24, 2.45) is 10.9 Å². The molecular weight excluding hydrogens is 385 g/mol. The fourth-order valence-corrected chi connectivity index (χ4v) is 4.59. The lowest BCUT2D eigenvalue weighted by molar-refractivity contribution is -0.0332. The first-order valence-corrected chi connectivity index (χ1v) is 10.8. The van der Waals surface area contributed by atoms with Gasteiger partial charge in [-0.2, -0.15) is 0 Å². The molecular formula is C22H28FN5O2. The lowest BCUT2D eigenvalue weighted by atomic mass is 10.1. The summed E-state index contributed by atoms with van der Waals surface area (Å²) >= 11 is 0. The first kappa shape index (κ1) is 19.7. The van der Waals surface area contributed by atoms with Crippen LogP contribution in [0, 0.1) is 11.7 Å². The predicted octanol–water partition coefficient (Wildman–Crippen LogP) is 2.10. The number of hydrogen-bond acceptors (Lipinski definition) is 5. The van der Waals surface area contributed by atoms with Gasteiger partial charge in [-0.05, 0) is 43.5 Å². The van der Waals surface area contributed by atoms with Crippen LogP contribution < -0.4 is 10.2 Å². The number of rotatable bonds is 5. The third-order valence-electron chi connectivity index (χ3n) is 6.52. The molecule has 8 heteroatoms. The molecule has 2 saturated heterocycles. The number of piperazine rings is 1. The highest BCUT2D eigenvalue weighted by Crippen LogP contribution is 2.35. The van der Waals surface area contributed by atoms with E-state index in [0.29, 0.717) is 37.8 Å². The van der Waals surface area contributed by atoms with Crippen molar-refractivity contribution in [1.82, 2.24) is 15.1 Å². The van der Waals surface area contributed by atoms with Crippen molar-refractivity contribution in [2.45, 2.75) is 32.2 Å². The van der Waals surface area contributed by atoms with Crippen molar-refractivity contribution < 1.29 is 14.3 Å². The standard InChI is InChI=1S/C22H28FN5O2/c1-14-12-19(15-2-3-15)25-20(14)26-8-10-27(11-9-26)21(29)17-5-4-16(13-18(17)23)28-7-6-24-22(28)30/h4-5,12-13,15,20-21,29H,2-3,6-11H2,1H3,(H,24,30). The molecule has 2 amide bonds. The van der Waals surface area contributed by atoms with Crippen molar-refractivity contribution >= 4 is 17.4 Å². The molecule has 1 saturated carbocycles. The molecule has 0 spiro atoms. The highest BCUT2D eigenvalue weighted by molar-refractivity contribution is 6.01. The van der Waals surface area contributed by atoms with Gasteiger partial charge in [-0.25, -0.2) is 9.18 Å². The molecule has 3 aliphatic heterocycles. The van der Waals surface area contributed by atoms with Crippen LogP contribution in [0.3, 0.4) is 0 Å². The number of amides is 2. The minimum Gasteiger partial charge on any atom is -0.374 e. The van der Waals surface area contributed by atoms with E-state index in [0.717, 1.165) is 13.1 Å². The maximum Gasteiger partial charge on any atom is 0.321 e. The molecule has 2 N–H and O–H groups in total. The molecule has 3 fully saturated rings. The number of carbonyl (C=O) groups is 1. The molecule has 7 nitrogen and oxygen atoms in total. The lowest BCUT2D eigenvalue weighted by Crippen LogP contribution is -2.50. The smallest absolute Gasteiger partial charge is 0.321 e. The van der Waals surface area contributed by atoms with Gasteiger partial charge in [0.2, 0.25) is 0 Å². The molecule has 1 aliphatic carbocycles. The number of anilines is 1. The van der Waals surface area contributed by atoms with Crippen molar-refractivity contribution in [3.8, 4) is 0 Å². The van der Waals surface area contributed by atoms with Gasteiger partial charge in [-0.15, -0.1) is 0 Å². The molecule has 1 aromatic rings. The SMILES string of the molecule is CC1=CC(C2CC2)=NC1N1CCN(C(O)c2ccc(N3CCNC3=O)cc2F)CC1. The highest BCUT2D eigenvalue weighted by Gasteiger charge is 2.35. The number of urea groups is 1. The van der Waals surface area contributed by atoms with Crippen LogP contribution in [0.5, 0.6) is 0 Å². The Morgan fingerprint density at radius 2 is 1.97 bits per heavy atom. The van der Waals surface area contributed by atoms with E-state index in [-0.39, 0.29) is 17.8 Å². The predicted molar refractivity (Wildman–Crippen MR) is 113 cm³/mol. The summed E-state index contributed by atoms with van der Waals surface area (Å²) < 4.78 is 14.8. The molecule has 0 aromatic heterocycles. The molecule has 2 unspecified atom stereocenters. The van der Waals surface area contributed by atoms with Crippen LogP contribution in [-0.4, -0.2) is 72.1 Å². The molecule has 1 aromatic carbocycles. The number of halogens is 1. The number of hydrogen-bond donors (Lipinski definition) is 2. The largest absolute Gasteiger partial charge is 0.374 e. The van der Waals surface area contributed by atoms with Gasteiger partial charge < -0.3 is 10.4 Å². The van der Waals surface area contributed by atoms with Gasteiger partial charge >= 0.3 is 6.03 Å². The van der Waals surface area contributed by atoms with E-state index in [4.69, 9.17) is 4.99 Å². The molecule has 0 bridgehead atoms. The van der Waals surface area contributed by atoms with Crippen LogP contribution in [0.25, 0.3) is 0 Å². The Morgan fingerprint density at radius 3 is 2.60 bits per heavy atom. The number of aliphatic imine (C=N–C) groups is 1. The summed E-state index contributed by atoms with van der Waals surface area (Å²) in [5.74, 6) is 0.168. The summed E-state index contributed by atoms with van der Waals surface area (Å²) in [5, 5.41) is 13.5. The van der Waals surface area contributed by atoms with Crippen molar-refractivity contribution in [3.05, 3.63) is 41.2 Å². The van der Waals surface area contributed by atoms with Crippen LogP contribution in [0.1, 0.15) is 31.6 Å². The Bertz CT molecular complexity index is 905. The lowest BCUT2D eigenvalue weighted by Gasteiger charge is -2.39. The van der Waals surface area contributed by atoms with Crippen LogP contribution in [0.4, 0.5) is 14.9 Å². The van der Waals surface area contributed by atoms with Gasteiger partial charge in [0.25, 0.3) is 0 Å². The Labute approximate surface area is 175 Å². The van der Waals surface area contributed by atoms with E-state index in [1.165, 1.54) is 35.1 Å². The fraction of sp³-hybridized carbons (Fsp3) is 0.545. The number of benzene rings is 1. The molecule has 0 radical (unpaired) electrons. The minimum absolute atomic E-state index is 0.113. The second kappa shape index (κ2) is 7.76. The van der Waals surface area contributed by atoms with Crippen molar-refractivity contribution in [2.75, 3.05) is 44.2 Å². The average molecular weight is 413 g/mol. The Hall–Kier alpha value is -2.29. The number of aliphatic hydroxyl groups is 1. The van der Waals surface area contributed by atoms with Crippen molar-refractivity contribution in [3.63, 3.8) is 0 Å². The van der Waals surface area contributed by atoms with Crippen LogP contribution >= 0.6 is 0 Å². The zero-order chi connectivity index (χ0) is 20.8. The summed E-state index contributed by atoms with van der Waals surface area (Å²) in [7, 11) is 0. The molecule has 2 atom stereocenters. The Balaban J connectivity index is 1.22. The zero-order valence-electron chi connectivity index (χ0n) is 17.2. The summed E-state index contributed by atoms with van der Waals surface area (Å²) in [4.78, 5) is 22.5. The maximum atomic E-state index is 14.8. The van der Waals surface area contributed by atoms with Crippen LogP contribution in [-0.2, 0) is 0 Å². The molecule has 4 aliphatic rings. The molecule has 5 rings (SSSR count). The summed E-state index contributed by atoms with van der Waals surface area (Å²) in [6.07, 6.45) is 3.85. The number of allylic oxidation sites excluding steroid dienone is 1. The Kier molecular flexibility index (Phi) is 5.08. The summed E-state index contributed by atoms with van der Waals surface area (Å²) in [5.41, 5.74) is 3.29. The minimum atomic E-state index is -1.00. The second-order valence-electron chi connectivity index (χ2n) is 8.63. The van der Waals surface area contributed by atoms with E-state index < -0.39 is 12.0 Å². The third kappa shape index (κ3) is 3.64. The second-order valence-corrected chi connectivity index (χ2v) is 8.63. The van der Waals surface area contributed by atoms with E-state index in [1.54, 1.807) is 12.1 Å². The van der Waals surface area contributed by atoms with Crippen LogP contribution in [0.2, 0.25) is 0 Å². The zero-order valence-corrected chi connectivity index (χ0v) is 17.2. The van der Waals surface area contributed by atoms with Gasteiger partial charge in [0.05, 0.1) is 0 Å². The monoisotopic (exact) mass is 413 g/mol. The fourth-order valence-electron chi connectivity index (χ4n) is 4.59. The van der Waals surface area contributed by atoms with Gasteiger partial charge in [-0.3, -0.25) is 19.7 Å². The van der Waals surface area contributed by atoms with Gasteiger partial charge in [-0.1, -0.05) is 6.07 Å². The normalized spacial score (nSPS) is 26.6. The van der Waals surface area contributed by atoms with E-state index in [9.17, 15) is 14.3 Å². The van der Waals surface area contributed by atoms with Crippen molar-refractivity contribution in [1.29, 1.82) is 0 Å². The quantitative estimate of drug-likeness (QED) is 0.776. The first-order chi connectivity index (χ1) is 14.5. The van der Waals surface area contributed by atoms with E-state index >= 15 is 0 Å². The number of aliphatic hydroxyl groups excluding tert-OH is 1. The number of carbonyl (C=O) groups excluding carboxylic acids is 1. The molecule has 3 heterocycles. The van der Waals surface area contributed by atoms with Crippen LogP contribution in [0.15, 0.2) is 34.8 Å². The highest BCUT2D eigenvalue weighted by atomic mass is 19.1. The number of nitrogens with zero attached hydrogens (tertiary/aromatic N) is 4. The topological polar surface area (TPSA) is 71.4 Å². The van der Waals surface area contributed by atoms with E-state index in [2.05, 4.69) is 23.2 Å². The Morgan fingerprint density at radius 1 is 1.20 bits per heavy atom. The number of nitrogens with one attached hydrogen (secondary N) is 1. The first-order valence-electron chi connectivity index (χ1n) is 10.8.